The first kappa shape index (κ1) is 11.0. The molecule has 2 N–H and O–H groups in total. The van der Waals surface area contributed by atoms with Crippen LogP contribution in [0.25, 0.3) is 0 Å². The van der Waals surface area contributed by atoms with Crippen LogP contribution in [0.5, 0.6) is 0 Å². The maximum absolute atomic E-state index is 9.97. The first-order chi connectivity index (χ1) is 5.83. The summed E-state index contributed by atoms with van der Waals surface area (Å²) in [5.74, 6) is 0. The molecule has 1 fully saturated rings. The van der Waals surface area contributed by atoms with E-state index in [4.69, 9.17) is 0 Å². The quantitative estimate of drug-likeness (QED) is 0.689. The van der Waals surface area contributed by atoms with Gasteiger partial charge in [0.25, 0.3) is 0 Å². The predicted octanol–water partition coefficient (Wildman–Crippen LogP) is 1.93. The van der Waals surface area contributed by atoms with E-state index >= 15 is 0 Å². The van der Waals surface area contributed by atoms with Gasteiger partial charge < -0.3 is 10.4 Å². The fourth-order valence-electron chi connectivity index (χ4n) is 1.86. The smallest absolute Gasteiger partial charge is 0.0605 e. The van der Waals surface area contributed by atoms with Crippen molar-refractivity contribution in [2.45, 2.75) is 58.6 Å². The number of nitrogens with one attached hydrogen (secondary N) is 1. The van der Waals surface area contributed by atoms with E-state index in [1.165, 1.54) is 12.8 Å². The summed E-state index contributed by atoms with van der Waals surface area (Å²) in [5, 5.41) is 13.4. The standard InChI is InChI=1S/C11H23NO/c1-10(2,3)9(13)8-11(4)6-5-7-12-11/h9,12-13H,5-8H2,1-4H3. The SMILES string of the molecule is CC1(CC(O)C(C)(C)C)CCCN1. The molecule has 0 amide bonds. The van der Waals surface area contributed by atoms with Crippen molar-refractivity contribution < 1.29 is 5.11 Å². The van der Waals surface area contributed by atoms with Gasteiger partial charge in [0.2, 0.25) is 0 Å². The molecule has 2 heteroatoms. The van der Waals surface area contributed by atoms with Gasteiger partial charge in [0.1, 0.15) is 0 Å². The molecule has 1 aliphatic rings. The summed E-state index contributed by atoms with van der Waals surface area (Å²) in [6, 6.07) is 0. The minimum absolute atomic E-state index is 0.00722. The van der Waals surface area contributed by atoms with Gasteiger partial charge in [-0.3, -0.25) is 0 Å². The lowest BCUT2D eigenvalue weighted by atomic mass is 9.80. The van der Waals surface area contributed by atoms with Crippen LogP contribution in [0.2, 0.25) is 0 Å². The van der Waals surface area contributed by atoms with Crippen LogP contribution in [0, 0.1) is 5.41 Å². The molecule has 0 saturated carbocycles. The number of hydrogen-bond donors (Lipinski definition) is 2. The average Bonchev–Trinajstić information content (AvgIpc) is 2.33. The average molecular weight is 185 g/mol. The summed E-state index contributed by atoms with van der Waals surface area (Å²) < 4.78 is 0. The largest absolute Gasteiger partial charge is 0.393 e. The van der Waals surface area contributed by atoms with Gasteiger partial charge in [-0.1, -0.05) is 20.8 Å². The van der Waals surface area contributed by atoms with Crippen LogP contribution >= 0.6 is 0 Å². The first-order valence-corrected chi connectivity index (χ1v) is 5.27. The van der Waals surface area contributed by atoms with Crippen LogP contribution in [-0.2, 0) is 0 Å². The molecule has 0 aromatic rings. The van der Waals surface area contributed by atoms with E-state index in [1.807, 2.05) is 0 Å². The number of hydrogen-bond acceptors (Lipinski definition) is 2. The third kappa shape index (κ3) is 2.96. The van der Waals surface area contributed by atoms with E-state index in [9.17, 15) is 5.11 Å². The highest BCUT2D eigenvalue weighted by Crippen LogP contribution is 2.30. The monoisotopic (exact) mass is 185 g/mol. The molecule has 1 heterocycles. The highest BCUT2D eigenvalue weighted by molar-refractivity contribution is 4.92. The molecular weight excluding hydrogens is 162 g/mol. The van der Waals surface area contributed by atoms with Crippen molar-refractivity contribution in [3.8, 4) is 0 Å². The van der Waals surface area contributed by atoms with E-state index in [-0.39, 0.29) is 17.1 Å². The Labute approximate surface area is 81.7 Å². The number of aliphatic hydroxyl groups excluding tert-OH is 1. The second-order valence-corrected chi connectivity index (χ2v) is 5.68. The second kappa shape index (κ2) is 3.58. The van der Waals surface area contributed by atoms with Gasteiger partial charge in [-0.25, -0.2) is 0 Å². The zero-order valence-corrected chi connectivity index (χ0v) is 9.35. The summed E-state index contributed by atoms with van der Waals surface area (Å²) in [6.45, 7) is 9.60. The summed E-state index contributed by atoms with van der Waals surface area (Å²) in [6.07, 6.45) is 3.10. The zero-order chi connectivity index (χ0) is 10.1. The molecule has 2 atom stereocenters. The summed E-state index contributed by atoms with van der Waals surface area (Å²) in [4.78, 5) is 0. The fraction of sp³-hybridized carbons (Fsp3) is 1.00. The van der Waals surface area contributed by atoms with Crippen molar-refractivity contribution >= 4 is 0 Å². The lowest BCUT2D eigenvalue weighted by molar-refractivity contribution is 0.0345. The van der Waals surface area contributed by atoms with Crippen molar-refractivity contribution in [2.24, 2.45) is 5.41 Å². The highest BCUT2D eigenvalue weighted by atomic mass is 16.3. The Morgan fingerprint density at radius 1 is 1.46 bits per heavy atom. The molecule has 2 unspecified atom stereocenters. The fourth-order valence-corrected chi connectivity index (χ4v) is 1.86. The van der Waals surface area contributed by atoms with E-state index in [0.29, 0.717) is 0 Å². The summed E-state index contributed by atoms with van der Waals surface area (Å²) in [7, 11) is 0. The Kier molecular flexibility index (Phi) is 3.03. The molecular formula is C11H23NO. The van der Waals surface area contributed by atoms with Gasteiger partial charge in [0.15, 0.2) is 0 Å². The Morgan fingerprint density at radius 3 is 2.46 bits per heavy atom. The Bertz CT molecular complexity index is 165. The zero-order valence-electron chi connectivity index (χ0n) is 9.35. The van der Waals surface area contributed by atoms with E-state index in [2.05, 4.69) is 33.0 Å². The molecule has 0 aromatic heterocycles. The third-order valence-corrected chi connectivity index (χ3v) is 3.10. The van der Waals surface area contributed by atoms with E-state index in [0.717, 1.165) is 13.0 Å². The summed E-state index contributed by atoms with van der Waals surface area (Å²) in [5.41, 5.74) is 0.181. The molecule has 78 valence electrons. The lowest BCUT2D eigenvalue weighted by Gasteiger charge is -2.33. The Morgan fingerprint density at radius 2 is 2.08 bits per heavy atom. The van der Waals surface area contributed by atoms with Crippen LogP contribution in [0.3, 0.4) is 0 Å². The second-order valence-electron chi connectivity index (χ2n) is 5.68. The minimum atomic E-state index is -0.205. The van der Waals surface area contributed by atoms with Gasteiger partial charge in [-0.15, -0.1) is 0 Å². The van der Waals surface area contributed by atoms with Crippen LogP contribution in [0.1, 0.15) is 47.0 Å². The molecule has 1 rings (SSSR count). The van der Waals surface area contributed by atoms with Gasteiger partial charge in [0, 0.05) is 5.54 Å². The van der Waals surface area contributed by atoms with Gasteiger partial charge in [0.05, 0.1) is 6.10 Å². The van der Waals surface area contributed by atoms with Crippen molar-refractivity contribution in [1.82, 2.24) is 5.32 Å². The van der Waals surface area contributed by atoms with Gasteiger partial charge in [-0.2, -0.15) is 0 Å². The van der Waals surface area contributed by atoms with E-state index < -0.39 is 0 Å². The molecule has 1 saturated heterocycles. The predicted molar refractivity (Wildman–Crippen MR) is 55.7 cm³/mol. The molecule has 0 radical (unpaired) electrons. The lowest BCUT2D eigenvalue weighted by Crippen LogP contribution is -2.43. The molecule has 0 bridgehead atoms. The number of aliphatic hydroxyl groups is 1. The van der Waals surface area contributed by atoms with Crippen LogP contribution in [0.4, 0.5) is 0 Å². The van der Waals surface area contributed by atoms with Crippen LogP contribution < -0.4 is 5.32 Å². The highest BCUT2D eigenvalue weighted by Gasteiger charge is 2.34. The molecule has 13 heavy (non-hydrogen) atoms. The van der Waals surface area contributed by atoms with E-state index in [1.54, 1.807) is 0 Å². The minimum Gasteiger partial charge on any atom is -0.393 e. The molecule has 0 aliphatic carbocycles. The molecule has 0 aromatic carbocycles. The normalized spacial score (nSPS) is 32.1. The van der Waals surface area contributed by atoms with Crippen molar-refractivity contribution in [2.75, 3.05) is 6.54 Å². The van der Waals surface area contributed by atoms with Crippen molar-refractivity contribution in [3.05, 3.63) is 0 Å². The first-order valence-electron chi connectivity index (χ1n) is 5.27. The molecule has 0 spiro atoms. The molecule has 1 aliphatic heterocycles. The van der Waals surface area contributed by atoms with Crippen molar-refractivity contribution in [3.63, 3.8) is 0 Å². The number of rotatable bonds is 2. The topological polar surface area (TPSA) is 32.3 Å². The summed E-state index contributed by atoms with van der Waals surface area (Å²) >= 11 is 0. The maximum atomic E-state index is 9.97. The third-order valence-electron chi connectivity index (χ3n) is 3.10. The maximum Gasteiger partial charge on any atom is 0.0605 e. The van der Waals surface area contributed by atoms with Crippen LogP contribution in [-0.4, -0.2) is 23.3 Å². The van der Waals surface area contributed by atoms with Gasteiger partial charge in [-0.05, 0) is 38.1 Å². The Hall–Kier alpha value is -0.0800. The van der Waals surface area contributed by atoms with Gasteiger partial charge >= 0.3 is 0 Å². The van der Waals surface area contributed by atoms with Crippen molar-refractivity contribution in [1.29, 1.82) is 0 Å². The molecule has 2 nitrogen and oxygen atoms in total. The van der Waals surface area contributed by atoms with Crippen LogP contribution in [0.15, 0.2) is 0 Å². The Balaban J connectivity index is 2.48.